The molecule has 0 amide bonds. The fourth-order valence-electron chi connectivity index (χ4n) is 3.26. The second-order valence-corrected chi connectivity index (χ2v) is 7.72. The lowest BCUT2D eigenvalue weighted by atomic mass is 9.99. The molecule has 6 nitrogen and oxygen atoms in total. The van der Waals surface area contributed by atoms with Crippen LogP contribution in [0.2, 0.25) is 10.0 Å². The topological polar surface area (TPSA) is 90.5 Å². The van der Waals surface area contributed by atoms with Crippen molar-refractivity contribution < 1.29 is 14.6 Å². The lowest BCUT2D eigenvalue weighted by Crippen LogP contribution is -2.00. The van der Waals surface area contributed by atoms with Crippen molar-refractivity contribution in [3.8, 4) is 39.6 Å². The van der Waals surface area contributed by atoms with Crippen molar-refractivity contribution >= 4 is 29.2 Å². The number of rotatable bonds is 6. The van der Waals surface area contributed by atoms with Gasteiger partial charge in [0, 0.05) is 29.0 Å². The van der Waals surface area contributed by atoms with Crippen molar-refractivity contribution in [2.45, 2.75) is 6.61 Å². The Balaban J connectivity index is 1.66. The number of aromatic hydroxyl groups is 1. The molecule has 0 saturated carbocycles. The van der Waals surface area contributed by atoms with Crippen LogP contribution in [-0.2, 0) is 6.61 Å². The van der Waals surface area contributed by atoms with E-state index in [-0.39, 0.29) is 18.3 Å². The number of nitrogens with zero attached hydrogens (tertiary/aromatic N) is 2. The number of hydrogen-bond donors (Lipinski definition) is 2. The number of hydrogen-bond acceptors (Lipinski definition) is 6. The molecule has 3 aromatic carbocycles. The molecule has 1 aromatic heterocycles. The predicted octanol–water partition coefficient (Wildman–Crippen LogP) is 5.99. The first-order valence-electron chi connectivity index (χ1n) is 9.62. The maximum atomic E-state index is 10.8. The highest BCUT2D eigenvalue weighted by atomic mass is 35.5. The Morgan fingerprint density at radius 2 is 1.75 bits per heavy atom. The number of halogens is 2. The van der Waals surface area contributed by atoms with Gasteiger partial charge in [-0.15, -0.1) is 0 Å². The number of nitrogens with two attached hydrogens (primary N) is 1. The Bertz CT molecular complexity index is 1280. The van der Waals surface area contributed by atoms with Crippen LogP contribution >= 0.6 is 23.2 Å². The van der Waals surface area contributed by atoms with Crippen molar-refractivity contribution in [3.63, 3.8) is 0 Å². The molecule has 0 atom stereocenters. The van der Waals surface area contributed by atoms with Crippen LogP contribution in [0, 0.1) is 0 Å². The summed E-state index contributed by atoms with van der Waals surface area (Å²) in [4.78, 5) is 8.51. The molecule has 0 saturated heterocycles. The van der Waals surface area contributed by atoms with Crippen LogP contribution in [0.25, 0.3) is 22.4 Å². The van der Waals surface area contributed by atoms with E-state index in [1.165, 1.54) is 6.07 Å². The quantitative estimate of drug-likeness (QED) is 0.361. The Morgan fingerprint density at radius 3 is 2.50 bits per heavy atom. The molecule has 3 N–H and O–H groups in total. The van der Waals surface area contributed by atoms with E-state index in [0.29, 0.717) is 38.4 Å². The standard InChI is InChI=1S/C24H19Cl2N3O3/c1-31-22-5-3-2-4-16(22)18-12-28-24(27)29-23(18)17-8-7-15(11-21(17)30)32-13-14-6-9-19(25)20(26)10-14/h2-12,30H,13H2,1H3,(H2,27,28,29). The van der Waals surface area contributed by atoms with E-state index in [1.807, 2.05) is 30.3 Å². The number of methoxy groups -OCH3 is 1. The maximum Gasteiger partial charge on any atom is 0.220 e. The molecule has 1 heterocycles. The molecule has 0 fully saturated rings. The number of para-hydroxylation sites is 1. The van der Waals surface area contributed by atoms with Gasteiger partial charge in [-0.05, 0) is 35.9 Å². The monoisotopic (exact) mass is 467 g/mol. The second-order valence-electron chi connectivity index (χ2n) is 6.91. The molecule has 0 bridgehead atoms. The third kappa shape index (κ3) is 4.56. The minimum Gasteiger partial charge on any atom is -0.507 e. The van der Waals surface area contributed by atoms with Crippen molar-refractivity contribution in [3.05, 3.63) is 82.5 Å². The molecule has 0 radical (unpaired) electrons. The Labute approximate surface area is 195 Å². The minimum atomic E-state index is -0.00844. The van der Waals surface area contributed by atoms with Crippen molar-refractivity contribution in [2.75, 3.05) is 12.8 Å². The van der Waals surface area contributed by atoms with Gasteiger partial charge >= 0.3 is 0 Å². The Hall–Kier alpha value is -3.48. The van der Waals surface area contributed by atoms with Crippen LogP contribution < -0.4 is 15.2 Å². The molecule has 0 aliphatic carbocycles. The lowest BCUT2D eigenvalue weighted by molar-refractivity contribution is 0.304. The number of phenolic OH excluding ortho intramolecular Hbond substituents is 1. The average molecular weight is 468 g/mol. The van der Waals surface area contributed by atoms with E-state index in [9.17, 15) is 5.11 Å². The molecule has 32 heavy (non-hydrogen) atoms. The van der Waals surface area contributed by atoms with E-state index in [4.69, 9.17) is 38.4 Å². The van der Waals surface area contributed by atoms with Crippen molar-refractivity contribution in [1.82, 2.24) is 9.97 Å². The number of benzene rings is 3. The van der Waals surface area contributed by atoms with Crippen LogP contribution in [0.15, 0.2) is 66.9 Å². The van der Waals surface area contributed by atoms with Crippen LogP contribution in [0.1, 0.15) is 5.56 Å². The highest BCUT2D eigenvalue weighted by Crippen LogP contribution is 2.40. The zero-order valence-corrected chi connectivity index (χ0v) is 18.6. The summed E-state index contributed by atoms with van der Waals surface area (Å²) in [5.74, 6) is 1.23. The van der Waals surface area contributed by atoms with E-state index in [2.05, 4.69) is 9.97 Å². The molecule has 0 aliphatic rings. The van der Waals surface area contributed by atoms with Crippen LogP contribution in [0.3, 0.4) is 0 Å². The summed E-state index contributed by atoms with van der Waals surface area (Å²) in [6.45, 7) is 0.266. The number of aromatic nitrogens is 2. The van der Waals surface area contributed by atoms with Gasteiger partial charge < -0.3 is 20.3 Å². The molecule has 0 unspecified atom stereocenters. The summed E-state index contributed by atoms with van der Waals surface area (Å²) in [7, 11) is 1.59. The van der Waals surface area contributed by atoms with E-state index in [1.54, 1.807) is 37.6 Å². The first-order chi connectivity index (χ1) is 15.5. The van der Waals surface area contributed by atoms with Gasteiger partial charge in [0.05, 0.1) is 22.8 Å². The molecular formula is C24H19Cl2N3O3. The number of nitrogen functional groups attached to an aromatic ring is 1. The summed E-state index contributed by atoms with van der Waals surface area (Å²) in [6.07, 6.45) is 1.61. The fourth-order valence-corrected chi connectivity index (χ4v) is 3.58. The van der Waals surface area contributed by atoms with Gasteiger partial charge in [0.1, 0.15) is 23.9 Å². The molecule has 8 heteroatoms. The third-order valence-corrected chi connectivity index (χ3v) is 5.56. The molecule has 162 valence electrons. The first kappa shape index (κ1) is 21.7. The highest BCUT2D eigenvalue weighted by Gasteiger charge is 2.17. The summed E-state index contributed by atoms with van der Waals surface area (Å²) in [5, 5.41) is 11.7. The summed E-state index contributed by atoms with van der Waals surface area (Å²) < 4.78 is 11.3. The van der Waals surface area contributed by atoms with E-state index >= 15 is 0 Å². The lowest BCUT2D eigenvalue weighted by Gasteiger charge is -2.14. The number of phenols is 1. The first-order valence-corrected chi connectivity index (χ1v) is 10.4. The molecule has 0 aliphatic heterocycles. The highest BCUT2D eigenvalue weighted by molar-refractivity contribution is 6.42. The van der Waals surface area contributed by atoms with Gasteiger partial charge in [-0.1, -0.05) is 47.5 Å². The summed E-state index contributed by atoms with van der Waals surface area (Å²) in [6, 6.07) is 17.8. The molecular weight excluding hydrogens is 449 g/mol. The van der Waals surface area contributed by atoms with Gasteiger partial charge in [0.15, 0.2) is 0 Å². The second kappa shape index (κ2) is 9.34. The molecule has 0 spiro atoms. The Morgan fingerprint density at radius 1 is 0.938 bits per heavy atom. The Kier molecular flexibility index (Phi) is 6.35. The van der Waals surface area contributed by atoms with Crippen LogP contribution in [0.4, 0.5) is 5.95 Å². The van der Waals surface area contributed by atoms with Gasteiger partial charge in [0.25, 0.3) is 0 Å². The third-order valence-electron chi connectivity index (χ3n) is 4.82. The molecule has 4 aromatic rings. The fraction of sp³-hybridized carbons (Fsp3) is 0.0833. The smallest absolute Gasteiger partial charge is 0.220 e. The number of anilines is 1. The van der Waals surface area contributed by atoms with Gasteiger partial charge in [-0.3, -0.25) is 0 Å². The van der Waals surface area contributed by atoms with Crippen molar-refractivity contribution in [1.29, 1.82) is 0 Å². The largest absolute Gasteiger partial charge is 0.507 e. The average Bonchev–Trinajstić information content (AvgIpc) is 2.80. The zero-order chi connectivity index (χ0) is 22.7. The normalized spacial score (nSPS) is 10.7. The van der Waals surface area contributed by atoms with Gasteiger partial charge in [-0.25, -0.2) is 9.97 Å². The van der Waals surface area contributed by atoms with Gasteiger partial charge in [0.2, 0.25) is 5.95 Å². The minimum absolute atomic E-state index is 0.00844. The summed E-state index contributed by atoms with van der Waals surface area (Å²) in [5.41, 5.74) is 9.13. The van der Waals surface area contributed by atoms with Crippen LogP contribution in [0.5, 0.6) is 17.2 Å². The van der Waals surface area contributed by atoms with E-state index < -0.39 is 0 Å². The zero-order valence-electron chi connectivity index (χ0n) is 17.0. The van der Waals surface area contributed by atoms with E-state index in [0.717, 1.165) is 11.1 Å². The van der Waals surface area contributed by atoms with Gasteiger partial charge in [-0.2, -0.15) is 0 Å². The summed E-state index contributed by atoms with van der Waals surface area (Å²) >= 11 is 12.0. The van der Waals surface area contributed by atoms with Crippen LogP contribution in [-0.4, -0.2) is 22.2 Å². The SMILES string of the molecule is COc1ccccc1-c1cnc(N)nc1-c1ccc(OCc2ccc(Cl)c(Cl)c2)cc1O. The molecule has 4 rings (SSSR count). The maximum absolute atomic E-state index is 10.8. The predicted molar refractivity (Wildman–Crippen MR) is 126 cm³/mol. The number of ether oxygens (including phenoxy) is 2. The van der Waals surface area contributed by atoms with Crippen molar-refractivity contribution in [2.24, 2.45) is 0 Å².